The van der Waals surface area contributed by atoms with Crippen LogP contribution in [0.25, 0.3) is 10.9 Å². The molecule has 3 nitrogen and oxygen atoms in total. The van der Waals surface area contributed by atoms with Crippen LogP contribution in [0, 0.1) is 12.7 Å². The summed E-state index contributed by atoms with van der Waals surface area (Å²) in [6.07, 6.45) is 2.21. The lowest BCUT2D eigenvalue weighted by Crippen LogP contribution is -2.34. The maximum Gasteiger partial charge on any atom is 0.125 e. The van der Waals surface area contributed by atoms with Crippen molar-refractivity contribution in [3.05, 3.63) is 64.5 Å². The number of halogens is 2. The van der Waals surface area contributed by atoms with Gasteiger partial charge >= 0.3 is 0 Å². The molecule has 0 unspecified atom stereocenters. The third-order valence-corrected chi connectivity index (χ3v) is 5.35. The Labute approximate surface area is 160 Å². The molecule has 1 fully saturated rings. The first-order chi connectivity index (χ1) is 12.6. The van der Waals surface area contributed by atoms with E-state index in [1.807, 2.05) is 37.3 Å². The summed E-state index contributed by atoms with van der Waals surface area (Å²) in [7, 11) is 0. The van der Waals surface area contributed by atoms with Crippen molar-refractivity contribution in [2.24, 2.45) is 0 Å². The minimum Gasteiger partial charge on any atom is -0.491 e. The van der Waals surface area contributed by atoms with Gasteiger partial charge in [-0.15, -0.1) is 0 Å². The van der Waals surface area contributed by atoms with Crippen molar-refractivity contribution >= 4 is 32.5 Å². The number of ether oxygens (including phenoxy) is 1. The summed E-state index contributed by atoms with van der Waals surface area (Å²) in [4.78, 5) is 6.88. The third kappa shape index (κ3) is 3.54. The highest BCUT2D eigenvalue weighted by Gasteiger charge is 2.27. The topological polar surface area (TPSA) is 25.4 Å². The largest absolute Gasteiger partial charge is 0.491 e. The molecule has 0 spiro atoms. The van der Waals surface area contributed by atoms with Gasteiger partial charge in [-0.25, -0.2) is 4.39 Å². The van der Waals surface area contributed by atoms with Gasteiger partial charge in [-0.2, -0.15) is 0 Å². The van der Waals surface area contributed by atoms with Crippen molar-refractivity contribution in [2.45, 2.75) is 25.8 Å². The van der Waals surface area contributed by atoms with E-state index in [4.69, 9.17) is 4.74 Å². The summed E-state index contributed by atoms with van der Waals surface area (Å²) in [5.41, 5.74) is 2.73. The number of benzene rings is 2. The Morgan fingerprint density at radius 2 is 2.00 bits per heavy atom. The molecule has 2 heterocycles. The van der Waals surface area contributed by atoms with Crippen LogP contribution in [0.2, 0.25) is 0 Å². The molecule has 2 aromatic carbocycles. The van der Waals surface area contributed by atoms with E-state index >= 15 is 0 Å². The average molecular weight is 415 g/mol. The quantitative estimate of drug-likeness (QED) is 0.563. The molecule has 1 atom stereocenters. The van der Waals surface area contributed by atoms with Crippen molar-refractivity contribution in [3.8, 4) is 5.75 Å². The van der Waals surface area contributed by atoms with Gasteiger partial charge in [0.25, 0.3) is 0 Å². The first kappa shape index (κ1) is 17.3. The SMILES string of the molecule is Cc1cc(N2CCC[C@H]2COc2ccc(Br)cc2)c2ccc(F)cc2n1. The Balaban J connectivity index is 1.60. The number of rotatable bonds is 4. The molecule has 1 aliphatic heterocycles. The number of anilines is 1. The van der Waals surface area contributed by atoms with Gasteiger partial charge in [0.2, 0.25) is 0 Å². The fraction of sp³-hybridized carbons (Fsp3) is 0.286. The molecule has 1 aromatic heterocycles. The summed E-state index contributed by atoms with van der Waals surface area (Å²) >= 11 is 3.44. The fourth-order valence-corrected chi connectivity index (χ4v) is 3.86. The highest BCUT2D eigenvalue weighted by Crippen LogP contribution is 2.33. The van der Waals surface area contributed by atoms with Gasteiger partial charge in [0.15, 0.2) is 0 Å². The Bertz CT molecular complexity index is 924. The summed E-state index contributed by atoms with van der Waals surface area (Å²) in [5, 5.41) is 0.993. The lowest BCUT2D eigenvalue weighted by atomic mass is 10.1. The Kier molecular flexibility index (Phi) is 4.81. The predicted molar refractivity (Wildman–Crippen MR) is 106 cm³/mol. The van der Waals surface area contributed by atoms with Gasteiger partial charge in [-0.05, 0) is 62.2 Å². The second-order valence-electron chi connectivity index (χ2n) is 6.70. The zero-order chi connectivity index (χ0) is 18.1. The monoisotopic (exact) mass is 414 g/mol. The van der Waals surface area contributed by atoms with Crippen LogP contribution in [0.15, 0.2) is 53.0 Å². The van der Waals surface area contributed by atoms with E-state index < -0.39 is 0 Å². The number of aromatic nitrogens is 1. The average Bonchev–Trinajstić information content (AvgIpc) is 3.08. The minimum atomic E-state index is -0.252. The van der Waals surface area contributed by atoms with E-state index in [2.05, 4.69) is 31.9 Å². The van der Waals surface area contributed by atoms with E-state index in [0.29, 0.717) is 18.2 Å². The van der Waals surface area contributed by atoms with Crippen molar-refractivity contribution in [3.63, 3.8) is 0 Å². The number of aryl methyl sites for hydroxylation is 1. The smallest absolute Gasteiger partial charge is 0.125 e. The minimum absolute atomic E-state index is 0.252. The van der Waals surface area contributed by atoms with E-state index in [9.17, 15) is 4.39 Å². The second-order valence-corrected chi connectivity index (χ2v) is 7.61. The molecule has 4 rings (SSSR count). The summed E-state index contributed by atoms with van der Waals surface area (Å²) in [6.45, 7) is 3.56. The molecule has 0 radical (unpaired) electrons. The van der Waals surface area contributed by atoms with Gasteiger partial charge in [0, 0.05) is 33.9 Å². The molecular formula is C21H20BrFN2O. The maximum absolute atomic E-state index is 13.6. The summed E-state index contributed by atoms with van der Waals surface area (Å²) in [6, 6.07) is 15.1. The third-order valence-electron chi connectivity index (χ3n) is 4.82. The van der Waals surface area contributed by atoms with Crippen molar-refractivity contribution in [2.75, 3.05) is 18.1 Å². The first-order valence-electron chi connectivity index (χ1n) is 8.82. The predicted octanol–water partition coefficient (Wildman–Crippen LogP) is 5.49. The summed E-state index contributed by atoms with van der Waals surface area (Å²) < 4.78 is 20.7. The number of hydrogen-bond donors (Lipinski definition) is 0. The molecule has 1 saturated heterocycles. The molecular weight excluding hydrogens is 395 g/mol. The molecule has 1 aliphatic rings. The number of fused-ring (bicyclic) bond motifs is 1. The standard InChI is InChI=1S/C21H20BrFN2O/c1-14-11-21(19-9-6-16(23)12-20(19)24-14)25-10-2-3-17(25)13-26-18-7-4-15(22)5-8-18/h4-9,11-12,17H,2-3,10,13H2,1H3/t17-/m0/s1. The van der Waals surface area contributed by atoms with Gasteiger partial charge in [-0.3, -0.25) is 4.98 Å². The van der Waals surface area contributed by atoms with E-state index in [0.717, 1.165) is 46.4 Å². The zero-order valence-corrected chi connectivity index (χ0v) is 16.2. The summed E-state index contributed by atoms with van der Waals surface area (Å²) in [5.74, 6) is 0.621. The van der Waals surface area contributed by atoms with E-state index in [-0.39, 0.29) is 5.82 Å². The van der Waals surface area contributed by atoms with Crippen molar-refractivity contribution in [1.29, 1.82) is 0 Å². The molecule has 0 amide bonds. The molecule has 26 heavy (non-hydrogen) atoms. The number of nitrogens with zero attached hydrogens (tertiary/aromatic N) is 2. The fourth-order valence-electron chi connectivity index (χ4n) is 3.60. The molecule has 0 bridgehead atoms. The zero-order valence-electron chi connectivity index (χ0n) is 14.6. The van der Waals surface area contributed by atoms with Crippen LogP contribution in [0.5, 0.6) is 5.75 Å². The lowest BCUT2D eigenvalue weighted by Gasteiger charge is -2.28. The van der Waals surface area contributed by atoms with Crippen LogP contribution < -0.4 is 9.64 Å². The normalized spacial score (nSPS) is 17.0. The maximum atomic E-state index is 13.6. The van der Waals surface area contributed by atoms with Crippen LogP contribution in [-0.4, -0.2) is 24.2 Å². The molecule has 3 aromatic rings. The Hall–Kier alpha value is -2.14. The van der Waals surface area contributed by atoms with E-state index in [1.54, 1.807) is 0 Å². The van der Waals surface area contributed by atoms with E-state index in [1.165, 1.54) is 12.1 Å². The highest BCUT2D eigenvalue weighted by atomic mass is 79.9. The van der Waals surface area contributed by atoms with Crippen molar-refractivity contribution in [1.82, 2.24) is 4.98 Å². The van der Waals surface area contributed by atoms with Gasteiger partial charge in [0.1, 0.15) is 18.2 Å². The Morgan fingerprint density at radius 3 is 2.81 bits per heavy atom. The van der Waals surface area contributed by atoms with Gasteiger partial charge in [-0.1, -0.05) is 15.9 Å². The molecule has 5 heteroatoms. The van der Waals surface area contributed by atoms with Crippen molar-refractivity contribution < 1.29 is 9.13 Å². The van der Waals surface area contributed by atoms with Gasteiger partial charge in [0.05, 0.1) is 11.6 Å². The molecule has 0 aliphatic carbocycles. The number of hydrogen-bond acceptors (Lipinski definition) is 3. The Morgan fingerprint density at radius 1 is 1.19 bits per heavy atom. The van der Waals surface area contributed by atoms with Crippen LogP contribution in [0.1, 0.15) is 18.5 Å². The molecule has 0 saturated carbocycles. The highest BCUT2D eigenvalue weighted by molar-refractivity contribution is 9.10. The van der Waals surface area contributed by atoms with Crippen LogP contribution in [0.4, 0.5) is 10.1 Å². The lowest BCUT2D eigenvalue weighted by molar-refractivity contribution is 0.288. The van der Waals surface area contributed by atoms with Crippen LogP contribution in [-0.2, 0) is 0 Å². The van der Waals surface area contributed by atoms with Crippen LogP contribution in [0.3, 0.4) is 0 Å². The molecule has 0 N–H and O–H groups in total. The van der Waals surface area contributed by atoms with Gasteiger partial charge < -0.3 is 9.64 Å². The second kappa shape index (κ2) is 7.23. The van der Waals surface area contributed by atoms with Crippen LogP contribution >= 0.6 is 15.9 Å². The number of pyridine rings is 1. The molecule has 134 valence electrons. The first-order valence-corrected chi connectivity index (χ1v) is 9.61.